The molecule has 2 aliphatic rings. The summed E-state index contributed by atoms with van der Waals surface area (Å²) in [5, 5.41) is 4.56. The van der Waals surface area contributed by atoms with Gasteiger partial charge < -0.3 is 10.5 Å². The lowest BCUT2D eigenvalue weighted by Gasteiger charge is -2.28. The van der Waals surface area contributed by atoms with Crippen molar-refractivity contribution in [2.45, 2.75) is 57.3 Å². The van der Waals surface area contributed by atoms with Crippen molar-refractivity contribution >= 4 is 18.4 Å². The molecule has 2 atom stereocenters. The van der Waals surface area contributed by atoms with Gasteiger partial charge in [-0.2, -0.15) is 5.10 Å². The summed E-state index contributed by atoms with van der Waals surface area (Å²) in [5.74, 6) is 1.35. The van der Waals surface area contributed by atoms with Crippen molar-refractivity contribution in [3.63, 3.8) is 0 Å². The van der Waals surface area contributed by atoms with Gasteiger partial charge in [-0.15, -0.1) is 12.4 Å². The van der Waals surface area contributed by atoms with E-state index in [1.807, 2.05) is 11.6 Å². The molecule has 2 N–H and O–H groups in total. The zero-order valence-electron chi connectivity index (χ0n) is 16.5. The fourth-order valence-corrected chi connectivity index (χ4v) is 4.40. The predicted octanol–water partition coefficient (Wildman–Crippen LogP) is 4.58. The van der Waals surface area contributed by atoms with Gasteiger partial charge in [0.15, 0.2) is 0 Å². The molecule has 6 heteroatoms. The molecule has 0 unspecified atom stereocenters. The van der Waals surface area contributed by atoms with Gasteiger partial charge in [-0.1, -0.05) is 18.6 Å². The Morgan fingerprint density at radius 3 is 2.79 bits per heavy atom. The van der Waals surface area contributed by atoms with Crippen molar-refractivity contribution in [3.8, 4) is 5.69 Å². The second-order valence-corrected chi connectivity index (χ2v) is 7.91. The third-order valence-corrected chi connectivity index (χ3v) is 5.97. The zero-order chi connectivity index (χ0) is 18.8. The number of ether oxygens (including phenoxy) is 1. The molecule has 2 aromatic rings. The number of rotatable bonds is 6. The lowest BCUT2D eigenvalue weighted by Crippen LogP contribution is -2.21. The van der Waals surface area contributed by atoms with E-state index in [0.717, 1.165) is 30.8 Å². The number of esters is 1. The van der Waals surface area contributed by atoms with Crippen LogP contribution in [-0.2, 0) is 4.74 Å². The summed E-state index contributed by atoms with van der Waals surface area (Å²) in [4.78, 5) is 12.3. The Bertz CT molecular complexity index is 816. The molecular formula is C22H30ClN3O2. The molecule has 2 saturated carbocycles. The summed E-state index contributed by atoms with van der Waals surface area (Å²) in [5.41, 5.74) is 9.95. The van der Waals surface area contributed by atoms with E-state index in [1.165, 1.54) is 31.2 Å². The molecule has 2 aliphatic carbocycles. The molecule has 0 amide bonds. The van der Waals surface area contributed by atoms with Crippen LogP contribution >= 0.6 is 12.4 Å². The predicted molar refractivity (Wildman–Crippen MR) is 112 cm³/mol. The fourth-order valence-electron chi connectivity index (χ4n) is 4.40. The van der Waals surface area contributed by atoms with Crippen molar-refractivity contribution in [2.75, 3.05) is 13.2 Å². The Morgan fingerprint density at radius 1 is 1.25 bits per heavy atom. The Labute approximate surface area is 173 Å². The Balaban J connectivity index is 0.00000225. The summed E-state index contributed by atoms with van der Waals surface area (Å²) >= 11 is 0. The van der Waals surface area contributed by atoms with Gasteiger partial charge >= 0.3 is 5.97 Å². The van der Waals surface area contributed by atoms with Gasteiger partial charge in [-0.3, -0.25) is 0 Å². The zero-order valence-corrected chi connectivity index (χ0v) is 17.3. The molecule has 1 heterocycles. The van der Waals surface area contributed by atoms with Crippen molar-refractivity contribution in [2.24, 2.45) is 11.7 Å². The van der Waals surface area contributed by atoms with Crippen LogP contribution < -0.4 is 5.73 Å². The minimum absolute atomic E-state index is 0. The standard InChI is InChI=1S/C22H29N3O2.ClH/c1-2-27-22(26)20-14-24-25(21(20)16-9-10-16)19-8-4-7-18(12-19)17-6-3-5-15(11-17)13-23;/h4,7-8,12,14-17H,2-3,5-6,9-11,13,23H2,1H3;1H/t15-,17+;/m0./s1. The molecule has 0 radical (unpaired) electrons. The van der Waals surface area contributed by atoms with Crippen LogP contribution in [0.2, 0.25) is 0 Å². The summed E-state index contributed by atoms with van der Waals surface area (Å²) in [7, 11) is 0. The topological polar surface area (TPSA) is 70.1 Å². The van der Waals surface area contributed by atoms with E-state index < -0.39 is 0 Å². The molecule has 1 aromatic heterocycles. The first kappa shape index (κ1) is 20.9. The maximum absolute atomic E-state index is 12.3. The molecule has 4 rings (SSSR count). The monoisotopic (exact) mass is 403 g/mol. The van der Waals surface area contributed by atoms with Crippen LogP contribution in [0.25, 0.3) is 5.69 Å². The van der Waals surface area contributed by atoms with Gasteiger partial charge in [-0.25, -0.2) is 9.48 Å². The summed E-state index contributed by atoms with van der Waals surface area (Å²) in [6.45, 7) is 3.00. The van der Waals surface area contributed by atoms with E-state index in [9.17, 15) is 4.79 Å². The molecule has 5 nitrogen and oxygen atoms in total. The van der Waals surface area contributed by atoms with Crippen LogP contribution in [0, 0.1) is 5.92 Å². The maximum Gasteiger partial charge on any atom is 0.341 e. The largest absolute Gasteiger partial charge is 0.462 e. The third-order valence-electron chi connectivity index (χ3n) is 5.97. The number of hydrogen-bond acceptors (Lipinski definition) is 4. The Kier molecular flexibility index (Phi) is 6.78. The first-order valence-electron chi connectivity index (χ1n) is 10.3. The van der Waals surface area contributed by atoms with Gasteiger partial charge in [0.05, 0.1) is 24.2 Å². The number of benzene rings is 1. The molecule has 0 spiro atoms. The second kappa shape index (κ2) is 9.10. The van der Waals surface area contributed by atoms with E-state index in [-0.39, 0.29) is 18.4 Å². The van der Waals surface area contributed by atoms with E-state index in [2.05, 4.69) is 29.4 Å². The van der Waals surface area contributed by atoms with E-state index in [0.29, 0.717) is 29.9 Å². The van der Waals surface area contributed by atoms with Crippen LogP contribution in [0.4, 0.5) is 0 Å². The van der Waals surface area contributed by atoms with Crippen LogP contribution in [-0.4, -0.2) is 28.9 Å². The van der Waals surface area contributed by atoms with E-state index in [1.54, 1.807) is 6.20 Å². The minimum Gasteiger partial charge on any atom is -0.462 e. The summed E-state index contributed by atoms with van der Waals surface area (Å²) in [6.07, 6.45) is 8.78. The van der Waals surface area contributed by atoms with Crippen molar-refractivity contribution in [3.05, 3.63) is 47.3 Å². The highest BCUT2D eigenvalue weighted by Gasteiger charge is 2.33. The molecular weight excluding hydrogens is 374 g/mol. The minimum atomic E-state index is -0.264. The normalized spacial score (nSPS) is 21.8. The lowest BCUT2D eigenvalue weighted by atomic mass is 9.78. The van der Waals surface area contributed by atoms with E-state index >= 15 is 0 Å². The lowest BCUT2D eigenvalue weighted by molar-refractivity contribution is 0.0525. The number of halogens is 1. The molecule has 0 aliphatic heterocycles. The average molecular weight is 404 g/mol. The van der Waals surface area contributed by atoms with E-state index in [4.69, 9.17) is 10.5 Å². The first-order chi connectivity index (χ1) is 13.2. The van der Waals surface area contributed by atoms with Gasteiger partial charge in [0.25, 0.3) is 0 Å². The number of aromatic nitrogens is 2. The molecule has 2 fully saturated rings. The van der Waals surface area contributed by atoms with Gasteiger partial charge in [0.1, 0.15) is 5.56 Å². The number of carbonyl (C=O) groups excluding carboxylic acids is 1. The highest BCUT2D eigenvalue weighted by Crippen LogP contribution is 2.43. The van der Waals surface area contributed by atoms with Crippen LogP contribution in [0.15, 0.2) is 30.5 Å². The van der Waals surface area contributed by atoms with Crippen molar-refractivity contribution < 1.29 is 9.53 Å². The van der Waals surface area contributed by atoms with Crippen LogP contribution in [0.3, 0.4) is 0 Å². The maximum atomic E-state index is 12.3. The van der Waals surface area contributed by atoms with Gasteiger partial charge in [0.2, 0.25) is 0 Å². The Morgan fingerprint density at radius 2 is 2.07 bits per heavy atom. The number of hydrogen-bond donors (Lipinski definition) is 1. The number of nitrogens with two attached hydrogens (primary N) is 1. The molecule has 1 aromatic carbocycles. The first-order valence-corrected chi connectivity index (χ1v) is 10.3. The number of carbonyl (C=O) groups is 1. The molecule has 28 heavy (non-hydrogen) atoms. The molecule has 152 valence electrons. The van der Waals surface area contributed by atoms with Crippen LogP contribution in [0.5, 0.6) is 0 Å². The quantitative estimate of drug-likeness (QED) is 0.716. The fraction of sp³-hybridized carbons (Fsp3) is 0.545. The van der Waals surface area contributed by atoms with Crippen LogP contribution in [0.1, 0.15) is 78.9 Å². The van der Waals surface area contributed by atoms with Gasteiger partial charge in [-0.05, 0) is 75.1 Å². The van der Waals surface area contributed by atoms with Gasteiger partial charge in [0, 0.05) is 5.92 Å². The average Bonchev–Trinajstić information content (AvgIpc) is 3.46. The molecule has 0 saturated heterocycles. The second-order valence-electron chi connectivity index (χ2n) is 7.91. The summed E-state index contributed by atoms with van der Waals surface area (Å²) < 4.78 is 7.19. The summed E-state index contributed by atoms with van der Waals surface area (Å²) in [6, 6.07) is 8.66. The SMILES string of the molecule is CCOC(=O)c1cnn(-c2cccc([C@@H]3CCC[C@H](CN)C3)c2)c1C1CC1.Cl. The van der Waals surface area contributed by atoms with Crippen molar-refractivity contribution in [1.82, 2.24) is 9.78 Å². The molecule has 0 bridgehead atoms. The highest BCUT2D eigenvalue weighted by molar-refractivity contribution is 5.91. The highest BCUT2D eigenvalue weighted by atomic mass is 35.5. The smallest absolute Gasteiger partial charge is 0.341 e. The Hall–Kier alpha value is -1.85. The van der Waals surface area contributed by atoms with Crippen molar-refractivity contribution in [1.29, 1.82) is 0 Å². The third kappa shape index (κ3) is 4.26. The number of nitrogens with zero attached hydrogens (tertiary/aromatic N) is 2.